The normalized spacial score (nSPS) is 20.1. The van der Waals surface area contributed by atoms with Gasteiger partial charge in [-0.15, -0.1) is 0 Å². The third-order valence-corrected chi connectivity index (χ3v) is 7.03. The molecule has 2 heterocycles. The highest BCUT2D eigenvalue weighted by molar-refractivity contribution is 5.76. The van der Waals surface area contributed by atoms with Crippen molar-refractivity contribution < 1.29 is 10.2 Å². The largest absolute Gasteiger partial charge is 0.394 e. The highest BCUT2D eigenvalue weighted by atomic mass is 16.3. The molecule has 3 N–H and O–H groups in total. The van der Waals surface area contributed by atoms with Crippen LogP contribution in [0.5, 0.6) is 0 Å². The van der Waals surface area contributed by atoms with Gasteiger partial charge in [0, 0.05) is 25.2 Å². The first-order valence-electron chi connectivity index (χ1n) is 11.9. The van der Waals surface area contributed by atoms with Crippen molar-refractivity contribution >= 4 is 16.9 Å². The van der Waals surface area contributed by atoms with Gasteiger partial charge < -0.3 is 25.0 Å². The Morgan fingerprint density at radius 3 is 2.26 bits per heavy atom. The Morgan fingerprint density at radius 2 is 1.58 bits per heavy atom. The monoisotopic (exact) mass is 428 g/mol. The van der Waals surface area contributed by atoms with Crippen LogP contribution in [0.15, 0.2) is 29.1 Å². The van der Waals surface area contributed by atoms with Crippen LogP contribution in [-0.4, -0.2) is 63.1 Å². The number of rotatable bonds is 6. The maximum Gasteiger partial charge on any atom is 0.294 e. The van der Waals surface area contributed by atoms with Gasteiger partial charge in [0.2, 0.25) is 0 Å². The Labute approximate surface area is 184 Å². The second-order valence-electron chi connectivity index (χ2n) is 9.10. The molecule has 1 aromatic carbocycles. The number of piperidine rings is 1. The van der Waals surface area contributed by atoms with Crippen molar-refractivity contribution in [2.75, 3.05) is 31.6 Å². The summed E-state index contributed by atoms with van der Waals surface area (Å²) in [5.74, 6) is 0.203. The van der Waals surface area contributed by atoms with Crippen molar-refractivity contribution in [2.24, 2.45) is 0 Å². The second kappa shape index (κ2) is 10.6. The molecule has 7 heteroatoms. The maximum absolute atomic E-state index is 13.4. The van der Waals surface area contributed by atoms with E-state index in [0.717, 1.165) is 37.0 Å². The van der Waals surface area contributed by atoms with Gasteiger partial charge in [-0.1, -0.05) is 44.2 Å². The lowest BCUT2D eigenvalue weighted by Gasteiger charge is -2.39. The van der Waals surface area contributed by atoms with Gasteiger partial charge in [0.05, 0.1) is 30.3 Å². The molecule has 1 aromatic heterocycles. The van der Waals surface area contributed by atoms with E-state index in [4.69, 9.17) is 0 Å². The average molecular weight is 429 g/mol. The predicted molar refractivity (Wildman–Crippen MR) is 124 cm³/mol. The standard InChI is InChI=1S/C24H36N4O3/c29-16-18(17-30)25-23-24(31)28(22-11-7-6-10-21(22)26-23)20-12-14-27(15-13-20)19-8-4-2-1-3-5-9-19/h6-7,10-11,18-20,29-30H,1-5,8-9,12-17H2,(H,25,26). The number of aliphatic hydroxyl groups excluding tert-OH is 2. The van der Waals surface area contributed by atoms with E-state index >= 15 is 0 Å². The van der Waals surface area contributed by atoms with E-state index in [1.165, 1.54) is 44.9 Å². The molecule has 0 atom stereocenters. The van der Waals surface area contributed by atoms with Crippen LogP contribution in [0.4, 0.5) is 5.82 Å². The Hall–Kier alpha value is -1.96. The van der Waals surface area contributed by atoms with Gasteiger partial charge in [0.25, 0.3) is 5.56 Å². The Balaban J connectivity index is 1.56. The number of aromatic nitrogens is 2. The molecule has 0 unspecified atom stereocenters. The lowest BCUT2D eigenvalue weighted by atomic mass is 9.93. The molecule has 0 amide bonds. The van der Waals surface area contributed by atoms with Crippen molar-refractivity contribution in [3.8, 4) is 0 Å². The minimum atomic E-state index is -0.601. The lowest BCUT2D eigenvalue weighted by molar-refractivity contribution is 0.116. The fourth-order valence-electron chi connectivity index (χ4n) is 5.26. The molecular weight excluding hydrogens is 392 g/mol. The zero-order valence-electron chi connectivity index (χ0n) is 18.4. The number of hydrogen-bond donors (Lipinski definition) is 3. The summed E-state index contributed by atoms with van der Waals surface area (Å²) in [7, 11) is 0. The van der Waals surface area contributed by atoms with E-state index in [1.54, 1.807) is 0 Å². The quantitative estimate of drug-likeness (QED) is 0.655. The van der Waals surface area contributed by atoms with Gasteiger partial charge in [0.15, 0.2) is 5.82 Å². The first kappa shape index (κ1) is 22.2. The van der Waals surface area contributed by atoms with E-state index in [-0.39, 0.29) is 30.6 Å². The van der Waals surface area contributed by atoms with Gasteiger partial charge in [-0.3, -0.25) is 4.79 Å². The highest BCUT2D eigenvalue weighted by Gasteiger charge is 2.28. The number of aliphatic hydroxyl groups is 2. The molecule has 2 aromatic rings. The van der Waals surface area contributed by atoms with E-state index in [9.17, 15) is 15.0 Å². The van der Waals surface area contributed by atoms with Crippen LogP contribution in [0.2, 0.25) is 0 Å². The molecule has 4 rings (SSSR count). The van der Waals surface area contributed by atoms with Crippen LogP contribution in [0.25, 0.3) is 11.0 Å². The van der Waals surface area contributed by atoms with Crippen LogP contribution in [0.3, 0.4) is 0 Å². The van der Waals surface area contributed by atoms with Gasteiger partial charge in [-0.05, 0) is 37.8 Å². The predicted octanol–water partition coefficient (Wildman–Crippen LogP) is 2.91. The van der Waals surface area contributed by atoms with Gasteiger partial charge >= 0.3 is 0 Å². The number of benzene rings is 1. The first-order chi connectivity index (χ1) is 15.2. The smallest absolute Gasteiger partial charge is 0.294 e. The average Bonchev–Trinajstić information content (AvgIpc) is 2.78. The van der Waals surface area contributed by atoms with Crippen molar-refractivity contribution in [1.29, 1.82) is 0 Å². The summed E-state index contributed by atoms with van der Waals surface area (Å²) < 4.78 is 1.89. The molecule has 0 bridgehead atoms. The fourth-order valence-corrected chi connectivity index (χ4v) is 5.26. The molecule has 31 heavy (non-hydrogen) atoms. The number of likely N-dealkylation sites (tertiary alicyclic amines) is 1. The molecule has 2 aliphatic rings. The molecule has 0 spiro atoms. The minimum Gasteiger partial charge on any atom is -0.394 e. The molecule has 1 saturated heterocycles. The van der Waals surface area contributed by atoms with Crippen molar-refractivity contribution in [2.45, 2.75) is 75.9 Å². The number of para-hydroxylation sites is 2. The van der Waals surface area contributed by atoms with E-state index < -0.39 is 6.04 Å². The van der Waals surface area contributed by atoms with Crippen LogP contribution >= 0.6 is 0 Å². The van der Waals surface area contributed by atoms with Crippen molar-refractivity contribution in [3.63, 3.8) is 0 Å². The number of fused-ring (bicyclic) bond motifs is 1. The summed E-state index contributed by atoms with van der Waals surface area (Å²) in [6.45, 7) is 1.53. The van der Waals surface area contributed by atoms with Gasteiger partial charge in [-0.25, -0.2) is 4.98 Å². The van der Waals surface area contributed by atoms with Crippen molar-refractivity contribution in [1.82, 2.24) is 14.5 Å². The Bertz CT molecular complexity index is 895. The van der Waals surface area contributed by atoms with E-state index in [2.05, 4.69) is 15.2 Å². The summed E-state index contributed by atoms with van der Waals surface area (Å²) in [6.07, 6.45) is 11.3. The SMILES string of the molecule is O=c1c(NC(CO)CO)nc2ccccc2n1C1CCN(C2CCCCCCC2)CC1. The molecule has 7 nitrogen and oxygen atoms in total. The summed E-state index contributed by atoms with van der Waals surface area (Å²) >= 11 is 0. The molecule has 0 radical (unpaired) electrons. The molecule has 1 aliphatic carbocycles. The lowest BCUT2D eigenvalue weighted by Crippen LogP contribution is -2.44. The molecule has 170 valence electrons. The summed E-state index contributed by atoms with van der Waals surface area (Å²) in [5.41, 5.74) is 1.43. The zero-order chi connectivity index (χ0) is 21.6. The third-order valence-electron chi connectivity index (χ3n) is 7.03. The third kappa shape index (κ3) is 5.10. The van der Waals surface area contributed by atoms with Crippen molar-refractivity contribution in [3.05, 3.63) is 34.6 Å². The van der Waals surface area contributed by atoms with Gasteiger partial charge in [0.1, 0.15) is 0 Å². The summed E-state index contributed by atoms with van der Waals surface area (Å²) in [6, 6.07) is 7.96. The number of nitrogens with zero attached hydrogens (tertiary/aromatic N) is 3. The van der Waals surface area contributed by atoms with Crippen LogP contribution < -0.4 is 10.9 Å². The molecule has 1 aliphatic heterocycles. The Kier molecular flexibility index (Phi) is 7.58. The zero-order valence-corrected chi connectivity index (χ0v) is 18.4. The summed E-state index contributed by atoms with van der Waals surface area (Å²) in [4.78, 5) is 20.5. The van der Waals surface area contributed by atoms with Crippen LogP contribution in [0.1, 0.15) is 63.8 Å². The fraction of sp³-hybridized carbons (Fsp3) is 0.667. The number of nitrogens with one attached hydrogen (secondary N) is 1. The Morgan fingerprint density at radius 1 is 0.935 bits per heavy atom. The molecule has 1 saturated carbocycles. The minimum absolute atomic E-state index is 0.132. The molecular formula is C24H36N4O3. The van der Waals surface area contributed by atoms with E-state index in [1.807, 2.05) is 28.8 Å². The topological polar surface area (TPSA) is 90.6 Å². The second-order valence-corrected chi connectivity index (χ2v) is 9.10. The summed E-state index contributed by atoms with van der Waals surface area (Å²) in [5, 5.41) is 21.8. The highest BCUT2D eigenvalue weighted by Crippen LogP contribution is 2.29. The number of anilines is 1. The van der Waals surface area contributed by atoms with Crippen LogP contribution in [-0.2, 0) is 0 Å². The molecule has 2 fully saturated rings. The number of hydrogen-bond acceptors (Lipinski definition) is 6. The van der Waals surface area contributed by atoms with Crippen LogP contribution in [0, 0.1) is 0 Å². The first-order valence-corrected chi connectivity index (χ1v) is 11.9. The van der Waals surface area contributed by atoms with Gasteiger partial charge in [-0.2, -0.15) is 0 Å². The maximum atomic E-state index is 13.4. The van der Waals surface area contributed by atoms with E-state index in [0.29, 0.717) is 6.04 Å².